The Labute approximate surface area is 202 Å². The number of carbonyl (C=O) groups is 2. The third-order valence-corrected chi connectivity index (χ3v) is 7.11. The number of ether oxygens (including phenoxy) is 2. The summed E-state index contributed by atoms with van der Waals surface area (Å²) in [6, 6.07) is 15.8. The van der Waals surface area contributed by atoms with Crippen molar-refractivity contribution in [1.82, 2.24) is 15.1 Å². The number of imide groups is 1. The lowest BCUT2D eigenvalue weighted by molar-refractivity contribution is -0.132. The van der Waals surface area contributed by atoms with Gasteiger partial charge in [-0.1, -0.05) is 37.1 Å². The van der Waals surface area contributed by atoms with Gasteiger partial charge < -0.3 is 14.8 Å². The highest BCUT2D eigenvalue weighted by molar-refractivity contribution is 6.06. The molecule has 0 radical (unpaired) electrons. The molecule has 2 aromatic carbocycles. The molecular formula is C27H35N3O4. The minimum absolute atomic E-state index is 0.149. The van der Waals surface area contributed by atoms with Gasteiger partial charge in [-0.25, -0.2) is 9.69 Å². The molecule has 2 aliphatic rings. The van der Waals surface area contributed by atoms with Crippen molar-refractivity contribution in [2.24, 2.45) is 0 Å². The summed E-state index contributed by atoms with van der Waals surface area (Å²) in [6.07, 6.45) is 5.59. The number of hydrogen-bond acceptors (Lipinski definition) is 5. The number of nitrogens with one attached hydrogen (secondary N) is 1. The Bertz CT molecular complexity index is 992. The van der Waals surface area contributed by atoms with Crippen molar-refractivity contribution < 1.29 is 19.1 Å². The maximum absolute atomic E-state index is 13.4. The van der Waals surface area contributed by atoms with Gasteiger partial charge in [0, 0.05) is 12.6 Å². The smallest absolute Gasteiger partial charge is 0.326 e. The lowest BCUT2D eigenvalue weighted by Gasteiger charge is -2.33. The van der Waals surface area contributed by atoms with Crippen molar-refractivity contribution in [3.05, 3.63) is 59.7 Å². The largest absolute Gasteiger partial charge is 0.497 e. The number of benzene rings is 2. The van der Waals surface area contributed by atoms with Crippen molar-refractivity contribution in [3.63, 3.8) is 0 Å². The summed E-state index contributed by atoms with van der Waals surface area (Å²) in [5.74, 6) is 1.48. The average Bonchev–Trinajstić information content (AvgIpc) is 3.01. The number of aryl methyl sites for hydroxylation is 1. The van der Waals surface area contributed by atoms with Crippen LogP contribution < -0.4 is 14.8 Å². The van der Waals surface area contributed by atoms with Crippen molar-refractivity contribution in [2.45, 2.75) is 57.0 Å². The molecule has 34 heavy (non-hydrogen) atoms. The minimum Gasteiger partial charge on any atom is -0.497 e. The second-order valence-electron chi connectivity index (χ2n) is 9.44. The maximum atomic E-state index is 13.4. The number of carbonyl (C=O) groups excluding carboxylic acids is 2. The SMILES string of the molecule is COc1ccc(CC[C@@]2(C)NC(=O)N(CN3CCCCC[C@@H]3c3ccc(OC)cc3)C2=O)cc1. The fourth-order valence-corrected chi connectivity index (χ4v) is 4.95. The zero-order valence-corrected chi connectivity index (χ0v) is 20.4. The Balaban J connectivity index is 1.45. The standard InChI is InChI=1S/C27H35N3O4/c1-27(17-16-20-8-12-22(33-2)13-9-20)25(31)30(26(32)28-27)19-29-18-6-4-5-7-24(29)21-10-14-23(34-3)15-11-21/h8-15,24H,4-7,16-19H2,1-3H3,(H,28,32)/t24-,27-/m1/s1. The lowest BCUT2D eigenvalue weighted by Crippen LogP contribution is -2.46. The fraction of sp³-hybridized carbons (Fsp3) is 0.481. The molecule has 2 heterocycles. The van der Waals surface area contributed by atoms with Gasteiger partial charge in [-0.2, -0.15) is 0 Å². The topological polar surface area (TPSA) is 71.1 Å². The lowest BCUT2D eigenvalue weighted by atomic mass is 9.93. The van der Waals surface area contributed by atoms with Gasteiger partial charge in [0.25, 0.3) is 5.91 Å². The molecule has 0 aromatic heterocycles. The van der Waals surface area contributed by atoms with E-state index in [1.165, 1.54) is 10.5 Å². The third kappa shape index (κ3) is 5.20. The molecule has 4 rings (SSSR count). The van der Waals surface area contributed by atoms with Gasteiger partial charge >= 0.3 is 6.03 Å². The van der Waals surface area contributed by atoms with E-state index < -0.39 is 5.54 Å². The zero-order valence-electron chi connectivity index (χ0n) is 20.4. The van der Waals surface area contributed by atoms with Crippen molar-refractivity contribution in [2.75, 3.05) is 27.4 Å². The van der Waals surface area contributed by atoms with Crippen molar-refractivity contribution in [1.29, 1.82) is 0 Å². The molecular weight excluding hydrogens is 430 g/mol. The number of rotatable bonds is 8. The van der Waals surface area contributed by atoms with Gasteiger partial charge in [-0.05, 0) is 68.0 Å². The minimum atomic E-state index is -0.904. The van der Waals surface area contributed by atoms with E-state index in [0.29, 0.717) is 19.5 Å². The number of likely N-dealkylation sites (tertiary alicyclic amines) is 1. The number of methoxy groups -OCH3 is 2. The van der Waals surface area contributed by atoms with Gasteiger partial charge in [0.2, 0.25) is 0 Å². The van der Waals surface area contributed by atoms with Crippen LogP contribution in [-0.4, -0.2) is 54.7 Å². The second kappa shape index (κ2) is 10.5. The van der Waals surface area contributed by atoms with Crippen LogP contribution >= 0.6 is 0 Å². The summed E-state index contributed by atoms with van der Waals surface area (Å²) in [6.45, 7) is 3.00. The predicted octanol–water partition coefficient (Wildman–Crippen LogP) is 4.52. The highest BCUT2D eigenvalue weighted by Gasteiger charge is 2.48. The number of hydrogen-bond donors (Lipinski definition) is 1. The molecule has 0 unspecified atom stereocenters. The first-order chi connectivity index (χ1) is 16.4. The van der Waals surface area contributed by atoms with E-state index in [1.807, 2.05) is 43.3 Å². The van der Waals surface area contributed by atoms with Gasteiger partial charge in [-0.15, -0.1) is 0 Å². The number of nitrogens with zero attached hydrogens (tertiary/aromatic N) is 2. The normalized spacial score (nSPS) is 23.5. The predicted molar refractivity (Wildman–Crippen MR) is 131 cm³/mol. The summed E-state index contributed by atoms with van der Waals surface area (Å²) < 4.78 is 10.5. The van der Waals surface area contributed by atoms with E-state index in [0.717, 1.165) is 49.3 Å². The number of urea groups is 1. The molecule has 1 N–H and O–H groups in total. The highest BCUT2D eigenvalue weighted by atomic mass is 16.5. The molecule has 182 valence electrons. The first kappa shape index (κ1) is 24.1. The van der Waals surface area contributed by atoms with Crippen LogP contribution in [0.5, 0.6) is 11.5 Å². The quantitative estimate of drug-likeness (QED) is 0.581. The summed E-state index contributed by atoms with van der Waals surface area (Å²) in [5, 5.41) is 2.97. The first-order valence-corrected chi connectivity index (χ1v) is 12.1. The first-order valence-electron chi connectivity index (χ1n) is 12.1. The Morgan fingerprint density at radius 1 is 0.941 bits per heavy atom. The molecule has 7 heteroatoms. The van der Waals surface area contributed by atoms with Crippen LogP contribution in [0, 0.1) is 0 Å². The average molecular weight is 466 g/mol. The molecule has 2 saturated heterocycles. The van der Waals surface area contributed by atoms with Crippen LogP contribution in [0.1, 0.15) is 56.2 Å². The van der Waals surface area contributed by atoms with Gasteiger partial charge in [0.15, 0.2) is 0 Å². The van der Waals surface area contributed by atoms with Gasteiger partial charge in [0.1, 0.15) is 17.0 Å². The molecule has 2 aliphatic heterocycles. The van der Waals surface area contributed by atoms with Crippen LogP contribution in [0.2, 0.25) is 0 Å². The Kier molecular flexibility index (Phi) is 7.41. The molecule has 7 nitrogen and oxygen atoms in total. The van der Waals surface area contributed by atoms with E-state index in [1.54, 1.807) is 14.2 Å². The molecule has 0 spiro atoms. The maximum Gasteiger partial charge on any atom is 0.326 e. The van der Waals surface area contributed by atoms with Crippen molar-refractivity contribution in [3.8, 4) is 11.5 Å². The Morgan fingerprint density at radius 3 is 2.24 bits per heavy atom. The third-order valence-electron chi connectivity index (χ3n) is 7.11. The molecule has 2 fully saturated rings. The second-order valence-corrected chi connectivity index (χ2v) is 9.44. The molecule has 2 atom stereocenters. The van der Waals surface area contributed by atoms with Crippen LogP contribution in [0.15, 0.2) is 48.5 Å². The van der Waals surface area contributed by atoms with E-state index in [4.69, 9.17) is 9.47 Å². The van der Waals surface area contributed by atoms with Crippen molar-refractivity contribution >= 4 is 11.9 Å². The number of amides is 3. The summed E-state index contributed by atoms with van der Waals surface area (Å²) in [7, 11) is 3.30. The molecule has 3 amide bonds. The highest BCUT2D eigenvalue weighted by Crippen LogP contribution is 2.33. The fourth-order valence-electron chi connectivity index (χ4n) is 4.95. The van der Waals surface area contributed by atoms with Crippen LogP contribution in [-0.2, 0) is 11.2 Å². The van der Waals surface area contributed by atoms with E-state index in [2.05, 4.69) is 22.3 Å². The van der Waals surface area contributed by atoms with Crippen LogP contribution in [0.4, 0.5) is 4.79 Å². The van der Waals surface area contributed by atoms with E-state index in [-0.39, 0.29) is 18.0 Å². The monoisotopic (exact) mass is 465 g/mol. The Hall–Kier alpha value is -3.06. The van der Waals surface area contributed by atoms with E-state index in [9.17, 15) is 9.59 Å². The van der Waals surface area contributed by atoms with E-state index >= 15 is 0 Å². The summed E-state index contributed by atoms with van der Waals surface area (Å²) in [5.41, 5.74) is 1.39. The van der Waals surface area contributed by atoms with Crippen LogP contribution in [0.25, 0.3) is 0 Å². The Morgan fingerprint density at radius 2 is 1.59 bits per heavy atom. The molecule has 0 saturated carbocycles. The summed E-state index contributed by atoms with van der Waals surface area (Å²) >= 11 is 0. The molecule has 0 bridgehead atoms. The zero-order chi connectivity index (χ0) is 24.1. The molecule has 0 aliphatic carbocycles. The molecule has 2 aromatic rings. The van der Waals surface area contributed by atoms with Crippen LogP contribution in [0.3, 0.4) is 0 Å². The van der Waals surface area contributed by atoms with Gasteiger partial charge in [-0.3, -0.25) is 9.69 Å². The van der Waals surface area contributed by atoms with Gasteiger partial charge in [0.05, 0.1) is 20.9 Å². The summed E-state index contributed by atoms with van der Waals surface area (Å²) in [4.78, 5) is 30.0.